The molecule has 0 aromatic heterocycles. The predicted molar refractivity (Wildman–Crippen MR) is 87.5 cm³/mol. The summed E-state index contributed by atoms with van der Waals surface area (Å²) in [6.07, 6.45) is 1.08. The average molecular weight is 306 g/mol. The molecule has 1 heterocycles. The van der Waals surface area contributed by atoms with E-state index in [9.17, 15) is 4.79 Å². The van der Waals surface area contributed by atoms with Gasteiger partial charge in [0.1, 0.15) is 0 Å². The number of rotatable bonds is 5. The average Bonchev–Trinajstić information content (AvgIpc) is 2.91. The maximum atomic E-state index is 12.0. The summed E-state index contributed by atoms with van der Waals surface area (Å²) >= 11 is 1.67. The predicted octanol–water partition coefficient (Wildman–Crippen LogP) is 3.01. The van der Waals surface area contributed by atoms with Crippen molar-refractivity contribution < 1.29 is 9.53 Å². The maximum absolute atomic E-state index is 12.0. The standard InChI is InChI=1S/C16H22N2O2S/c1-11(2)9-13-10-21-16(17-13)18-14(15(19)20-3)12-7-5-4-6-8-12/h4-8,11,13-14H,9-10H2,1-3H3,(H,17,18). The lowest BCUT2D eigenvalue weighted by molar-refractivity contribution is -0.142. The number of hydrogen-bond acceptors (Lipinski definition) is 5. The van der Waals surface area contributed by atoms with Crippen LogP contribution in [0.1, 0.15) is 31.9 Å². The lowest BCUT2D eigenvalue weighted by Gasteiger charge is -2.17. The van der Waals surface area contributed by atoms with E-state index in [4.69, 9.17) is 4.74 Å². The summed E-state index contributed by atoms with van der Waals surface area (Å²) in [5.41, 5.74) is 0.889. The van der Waals surface area contributed by atoms with Crippen LogP contribution in [0.5, 0.6) is 0 Å². The highest BCUT2D eigenvalue weighted by Gasteiger charge is 2.26. The number of methoxy groups -OCH3 is 1. The second-order valence-electron chi connectivity index (χ2n) is 5.54. The molecule has 5 heteroatoms. The lowest BCUT2D eigenvalue weighted by atomic mass is 10.1. The molecule has 1 aromatic carbocycles. The monoisotopic (exact) mass is 306 g/mol. The zero-order chi connectivity index (χ0) is 15.2. The van der Waals surface area contributed by atoms with Crippen LogP contribution in [0.4, 0.5) is 0 Å². The number of nitrogens with one attached hydrogen (secondary N) is 1. The van der Waals surface area contributed by atoms with Gasteiger partial charge in [-0.1, -0.05) is 55.9 Å². The molecular weight excluding hydrogens is 284 g/mol. The summed E-state index contributed by atoms with van der Waals surface area (Å²) in [7, 11) is 1.41. The Bertz CT molecular complexity index is 502. The summed E-state index contributed by atoms with van der Waals surface area (Å²) in [5, 5.41) is 4.06. The van der Waals surface area contributed by atoms with Crippen LogP contribution in [0.25, 0.3) is 0 Å². The number of carbonyl (C=O) groups is 1. The first-order chi connectivity index (χ1) is 10.1. The number of nitrogens with zero attached hydrogens (tertiary/aromatic N) is 1. The van der Waals surface area contributed by atoms with E-state index >= 15 is 0 Å². The van der Waals surface area contributed by atoms with Crippen LogP contribution in [-0.2, 0) is 9.53 Å². The minimum Gasteiger partial charge on any atom is -0.467 e. The van der Waals surface area contributed by atoms with E-state index in [2.05, 4.69) is 24.2 Å². The number of carbonyl (C=O) groups excluding carboxylic acids is 1. The summed E-state index contributed by atoms with van der Waals surface area (Å²) in [5.74, 6) is 1.31. The number of amidine groups is 1. The van der Waals surface area contributed by atoms with Gasteiger partial charge in [-0.3, -0.25) is 4.99 Å². The first-order valence-corrected chi connectivity index (χ1v) is 8.18. The van der Waals surface area contributed by atoms with E-state index in [1.54, 1.807) is 11.8 Å². The molecule has 2 unspecified atom stereocenters. The minimum atomic E-state index is -0.500. The van der Waals surface area contributed by atoms with Gasteiger partial charge in [0.15, 0.2) is 11.2 Å². The summed E-state index contributed by atoms with van der Waals surface area (Å²) in [6.45, 7) is 4.40. The molecule has 4 nitrogen and oxygen atoms in total. The van der Waals surface area contributed by atoms with Crippen molar-refractivity contribution in [1.29, 1.82) is 0 Å². The third kappa shape index (κ3) is 4.49. The fraction of sp³-hybridized carbons (Fsp3) is 0.500. The fourth-order valence-corrected chi connectivity index (χ4v) is 3.31. The van der Waals surface area contributed by atoms with Crippen molar-refractivity contribution in [2.45, 2.75) is 32.4 Å². The Hall–Kier alpha value is -1.49. The first-order valence-electron chi connectivity index (χ1n) is 7.20. The molecule has 2 atom stereocenters. The van der Waals surface area contributed by atoms with Crippen molar-refractivity contribution in [3.05, 3.63) is 35.9 Å². The number of benzene rings is 1. The molecule has 1 N–H and O–H groups in total. The largest absolute Gasteiger partial charge is 0.467 e. The number of aliphatic imine (C=N–C) groups is 1. The van der Waals surface area contributed by atoms with Crippen LogP contribution >= 0.6 is 11.8 Å². The van der Waals surface area contributed by atoms with E-state index in [1.165, 1.54) is 7.11 Å². The molecule has 0 bridgehead atoms. The van der Waals surface area contributed by atoms with Crippen LogP contribution in [0.2, 0.25) is 0 Å². The van der Waals surface area contributed by atoms with Gasteiger partial charge in [0.05, 0.1) is 13.2 Å². The van der Waals surface area contributed by atoms with E-state index in [0.29, 0.717) is 12.0 Å². The molecule has 0 fully saturated rings. The molecule has 0 aliphatic carbocycles. The molecule has 0 saturated heterocycles. The Labute approximate surface area is 130 Å². The van der Waals surface area contributed by atoms with E-state index < -0.39 is 6.04 Å². The molecule has 0 amide bonds. The normalized spacial score (nSPS) is 19.2. The van der Waals surface area contributed by atoms with Crippen molar-refractivity contribution in [3.63, 3.8) is 0 Å². The third-order valence-corrected chi connectivity index (χ3v) is 4.34. The minimum absolute atomic E-state index is 0.295. The zero-order valence-electron chi connectivity index (χ0n) is 12.7. The second kappa shape index (κ2) is 7.50. The summed E-state index contributed by atoms with van der Waals surface area (Å²) < 4.78 is 4.90. The summed E-state index contributed by atoms with van der Waals surface area (Å²) in [4.78, 5) is 16.7. The maximum Gasteiger partial charge on any atom is 0.333 e. The van der Waals surface area contributed by atoms with Gasteiger partial charge in [-0.25, -0.2) is 4.79 Å². The van der Waals surface area contributed by atoms with Gasteiger partial charge in [0.25, 0.3) is 0 Å². The van der Waals surface area contributed by atoms with Gasteiger partial charge in [-0.2, -0.15) is 0 Å². The van der Waals surface area contributed by atoms with Gasteiger partial charge < -0.3 is 10.1 Å². The summed E-state index contributed by atoms with van der Waals surface area (Å²) in [6, 6.07) is 9.43. The van der Waals surface area contributed by atoms with Crippen LogP contribution in [0, 0.1) is 5.92 Å². The highest BCUT2D eigenvalue weighted by molar-refractivity contribution is 8.14. The van der Waals surface area contributed by atoms with Crippen molar-refractivity contribution in [2.24, 2.45) is 10.9 Å². The fourth-order valence-electron chi connectivity index (χ4n) is 2.32. The lowest BCUT2D eigenvalue weighted by Crippen LogP contribution is -2.32. The van der Waals surface area contributed by atoms with Crippen LogP contribution in [0.3, 0.4) is 0 Å². The van der Waals surface area contributed by atoms with Gasteiger partial charge in [-0.15, -0.1) is 0 Å². The Morgan fingerprint density at radius 3 is 2.76 bits per heavy atom. The Morgan fingerprint density at radius 1 is 1.43 bits per heavy atom. The van der Waals surface area contributed by atoms with Crippen molar-refractivity contribution in [1.82, 2.24) is 5.32 Å². The molecule has 1 aromatic rings. The number of ether oxygens (including phenoxy) is 1. The van der Waals surface area contributed by atoms with Crippen molar-refractivity contribution >= 4 is 22.9 Å². The van der Waals surface area contributed by atoms with E-state index in [1.807, 2.05) is 30.3 Å². The first kappa shape index (κ1) is 15.9. The molecule has 1 aliphatic heterocycles. The Balaban J connectivity index is 2.08. The van der Waals surface area contributed by atoms with Crippen molar-refractivity contribution in [2.75, 3.05) is 12.9 Å². The van der Waals surface area contributed by atoms with Crippen LogP contribution < -0.4 is 5.32 Å². The highest BCUT2D eigenvalue weighted by Crippen LogP contribution is 2.24. The topological polar surface area (TPSA) is 50.7 Å². The van der Waals surface area contributed by atoms with Crippen LogP contribution in [0.15, 0.2) is 35.3 Å². The van der Waals surface area contributed by atoms with Crippen LogP contribution in [-0.4, -0.2) is 30.0 Å². The van der Waals surface area contributed by atoms with Crippen molar-refractivity contribution in [3.8, 4) is 0 Å². The molecule has 114 valence electrons. The number of thioether (sulfide) groups is 1. The second-order valence-corrected chi connectivity index (χ2v) is 6.55. The molecule has 0 radical (unpaired) electrons. The van der Waals surface area contributed by atoms with E-state index in [0.717, 1.165) is 22.9 Å². The zero-order valence-corrected chi connectivity index (χ0v) is 13.5. The third-order valence-electron chi connectivity index (χ3n) is 3.29. The molecule has 0 saturated carbocycles. The Morgan fingerprint density at radius 2 is 2.14 bits per heavy atom. The van der Waals surface area contributed by atoms with Gasteiger partial charge in [0, 0.05) is 5.75 Å². The quantitative estimate of drug-likeness (QED) is 0.850. The molecular formula is C16H22N2O2S. The van der Waals surface area contributed by atoms with Gasteiger partial charge in [-0.05, 0) is 17.9 Å². The number of hydrogen-bond donors (Lipinski definition) is 1. The molecule has 0 spiro atoms. The van der Waals surface area contributed by atoms with E-state index in [-0.39, 0.29) is 5.97 Å². The number of esters is 1. The highest BCUT2D eigenvalue weighted by atomic mass is 32.2. The SMILES string of the molecule is COC(=O)C(NC1=NC(CC(C)C)CS1)c1ccccc1. The molecule has 21 heavy (non-hydrogen) atoms. The van der Waals surface area contributed by atoms with Gasteiger partial charge >= 0.3 is 5.97 Å². The smallest absolute Gasteiger partial charge is 0.333 e. The molecule has 2 rings (SSSR count). The van der Waals surface area contributed by atoms with Gasteiger partial charge in [0.2, 0.25) is 0 Å². The Kier molecular flexibility index (Phi) is 5.67. The molecule has 1 aliphatic rings.